The van der Waals surface area contributed by atoms with Crippen molar-refractivity contribution in [3.8, 4) is 5.75 Å². The van der Waals surface area contributed by atoms with Gasteiger partial charge in [-0.3, -0.25) is 4.79 Å². The average molecular weight is 385 g/mol. The van der Waals surface area contributed by atoms with Crippen molar-refractivity contribution >= 4 is 22.6 Å². The van der Waals surface area contributed by atoms with Crippen LogP contribution in [0.15, 0.2) is 72.8 Å². The van der Waals surface area contributed by atoms with Gasteiger partial charge in [-0.05, 0) is 48.4 Å². The predicted molar refractivity (Wildman–Crippen MR) is 115 cm³/mol. The molecular weight excluding hydrogens is 362 g/mol. The molecule has 0 spiro atoms. The van der Waals surface area contributed by atoms with Gasteiger partial charge in [0.15, 0.2) is 0 Å². The van der Waals surface area contributed by atoms with Gasteiger partial charge in [-0.1, -0.05) is 42.5 Å². The van der Waals surface area contributed by atoms with Gasteiger partial charge in [-0.25, -0.2) is 4.98 Å². The number of rotatable bonds is 6. The maximum atomic E-state index is 12.8. The van der Waals surface area contributed by atoms with Gasteiger partial charge in [0.2, 0.25) is 5.91 Å². The topological polar surface area (TPSA) is 56.2 Å². The second-order valence-corrected chi connectivity index (χ2v) is 6.99. The predicted octanol–water partition coefficient (Wildman–Crippen LogP) is 4.58. The maximum Gasteiger partial charge on any atom is 0.244 e. The Morgan fingerprint density at radius 2 is 1.72 bits per heavy atom. The minimum atomic E-state index is -0.0709. The lowest BCUT2D eigenvalue weighted by Crippen LogP contribution is -2.20. The largest absolute Gasteiger partial charge is 0.497 e. The van der Waals surface area contributed by atoms with E-state index in [-0.39, 0.29) is 12.5 Å². The molecule has 3 aromatic carbocycles. The Hall–Kier alpha value is -3.60. The second kappa shape index (κ2) is 8.19. The van der Waals surface area contributed by atoms with Gasteiger partial charge in [-0.2, -0.15) is 0 Å². The van der Waals surface area contributed by atoms with Crippen LogP contribution in [0.5, 0.6) is 5.75 Å². The summed E-state index contributed by atoms with van der Waals surface area (Å²) in [6.07, 6.45) is 0.635. The number of fused-ring (bicyclic) bond motifs is 1. The Kier molecular flexibility index (Phi) is 5.29. The lowest BCUT2D eigenvalue weighted by Gasteiger charge is -2.12. The number of aromatic nitrogens is 2. The van der Waals surface area contributed by atoms with E-state index in [1.807, 2.05) is 84.3 Å². The van der Waals surface area contributed by atoms with Crippen molar-refractivity contribution in [2.45, 2.75) is 19.9 Å². The van der Waals surface area contributed by atoms with E-state index in [1.165, 1.54) is 0 Å². The van der Waals surface area contributed by atoms with Gasteiger partial charge >= 0.3 is 0 Å². The standard InChI is InChI=1S/C24H23N3O2/c1-17-7-3-4-8-20(17)26-24(28)16-27-22-10-6-5-9-21(22)25-23(27)15-18-11-13-19(29-2)14-12-18/h3-14H,15-16H2,1-2H3,(H,26,28). The Bertz CT molecular complexity index is 1150. The van der Waals surface area contributed by atoms with Crippen LogP contribution in [-0.4, -0.2) is 22.6 Å². The second-order valence-electron chi connectivity index (χ2n) is 6.99. The molecule has 29 heavy (non-hydrogen) atoms. The van der Waals surface area contributed by atoms with Gasteiger partial charge in [-0.15, -0.1) is 0 Å². The molecule has 0 fully saturated rings. The Labute approximate surface area is 170 Å². The third kappa shape index (κ3) is 4.14. The number of imidazole rings is 1. The van der Waals surface area contributed by atoms with Crippen LogP contribution in [-0.2, 0) is 17.8 Å². The highest BCUT2D eigenvalue weighted by molar-refractivity contribution is 5.92. The molecule has 4 rings (SSSR count). The lowest BCUT2D eigenvalue weighted by molar-refractivity contribution is -0.116. The molecule has 4 aromatic rings. The monoisotopic (exact) mass is 385 g/mol. The number of hydrogen-bond donors (Lipinski definition) is 1. The summed E-state index contributed by atoms with van der Waals surface area (Å²) in [5, 5.41) is 3.02. The summed E-state index contributed by atoms with van der Waals surface area (Å²) in [4.78, 5) is 17.6. The highest BCUT2D eigenvalue weighted by Crippen LogP contribution is 2.21. The van der Waals surface area contributed by atoms with Crippen molar-refractivity contribution in [3.05, 3.63) is 89.7 Å². The van der Waals surface area contributed by atoms with Crippen LogP contribution in [0.4, 0.5) is 5.69 Å². The van der Waals surface area contributed by atoms with Gasteiger partial charge in [0.25, 0.3) is 0 Å². The molecule has 146 valence electrons. The van der Waals surface area contributed by atoms with Crippen molar-refractivity contribution in [2.24, 2.45) is 0 Å². The third-order valence-electron chi connectivity index (χ3n) is 4.98. The highest BCUT2D eigenvalue weighted by atomic mass is 16.5. The fourth-order valence-electron chi connectivity index (χ4n) is 3.41. The summed E-state index contributed by atoms with van der Waals surface area (Å²) in [7, 11) is 1.65. The normalized spacial score (nSPS) is 10.8. The van der Waals surface area contributed by atoms with Crippen molar-refractivity contribution in [3.63, 3.8) is 0 Å². The zero-order chi connectivity index (χ0) is 20.2. The number of aryl methyl sites for hydroxylation is 1. The quantitative estimate of drug-likeness (QED) is 0.528. The maximum absolute atomic E-state index is 12.8. The number of benzene rings is 3. The number of carbonyl (C=O) groups is 1. The summed E-state index contributed by atoms with van der Waals surface area (Å²) in [5.41, 5.74) is 4.82. The molecule has 0 bridgehead atoms. The number of anilines is 1. The van der Waals surface area contributed by atoms with Crippen LogP contribution in [0.3, 0.4) is 0 Å². The molecular formula is C24H23N3O2. The van der Waals surface area contributed by atoms with Crippen molar-refractivity contribution < 1.29 is 9.53 Å². The minimum Gasteiger partial charge on any atom is -0.497 e. The van der Waals surface area contributed by atoms with Crippen LogP contribution >= 0.6 is 0 Å². The lowest BCUT2D eigenvalue weighted by atomic mass is 10.1. The average Bonchev–Trinajstić information content (AvgIpc) is 3.07. The Balaban J connectivity index is 1.62. The number of amides is 1. The van der Waals surface area contributed by atoms with Gasteiger partial charge in [0.05, 0.1) is 18.1 Å². The van der Waals surface area contributed by atoms with E-state index >= 15 is 0 Å². The molecule has 1 aromatic heterocycles. The zero-order valence-corrected chi connectivity index (χ0v) is 16.6. The highest BCUT2D eigenvalue weighted by Gasteiger charge is 2.14. The molecule has 0 saturated heterocycles. The first-order valence-corrected chi connectivity index (χ1v) is 9.56. The molecule has 0 radical (unpaired) electrons. The van der Waals surface area contributed by atoms with Crippen molar-refractivity contribution in [1.29, 1.82) is 0 Å². The van der Waals surface area contributed by atoms with Crippen molar-refractivity contribution in [1.82, 2.24) is 9.55 Å². The SMILES string of the molecule is COc1ccc(Cc2nc3ccccc3n2CC(=O)Nc2ccccc2C)cc1. The zero-order valence-electron chi connectivity index (χ0n) is 16.6. The van der Waals surface area contributed by atoms with E-state index in [1.54, 1.807) is 7.11 Å². The molecule has 0 unspecified atom stereocenters. The van der Waals surface area contributed by atoms with Crippen LogP contribution in [0.25, 0.3) is 11.0 Å². The minimum absolute atomic E-state index is 0.0709. The van der Waals surface area contributed by atoms with E-state index in [9.17, 15) is 4.79 Å². The van der Waals surface area contributed by atoms with E-state index < -0.39 is 0 Å². The number of hydrogen-bond acceptors (Lipinski definition) is 3. The number of nitrogens with zero attached hydrogens (tertiary/aromatic N) is 2. The smallest absolute Gasteiger partial charge is 0.244 e. The molecule has 0 atom stereocenters. The number of ether oxygens (including phenoxy) is 1. The molecule has 0 aliphatic carbocycles. The molecule has 0 aliphatic heterocycles. The number of para-hydroxylation sites is 3. The van der Waals surface area contributed by atoms with Gasteiger partial charge in [0.1, 0.15) is 18.1 Å². The molecule has 5 nitrogen and oxygen atoms in total. The molecule has 1 N–H and O–H groups in total. The molecule has 1 amide bonds. The fourth-order valence-corrected chi connectivity index (χ4v) is 3.41. The first-order valence-electron chi connectivity index (χ1n) is 9.56. The van der Waals surface area contributed by atoms with Gasteiger partial charge in [0, 0.05) is 12.1 Å². The molecule has 5 heteroatoms. The summed E-state index contributed by atoms with van der Waals surface area (Å²) >= 11 is 0. The Morgan fingerprint density at radius 3 is 2.48 bits per heavy atom. The van der Waals surface area contributed by atoms with Gasteiger partial charge < -0.3 is 14.6 Å². The fraction of sp³-hybridized carbons (Fsp3) is 0.167. The summed E-state index contributed by atoms with van der Waals surface area (Å²) in [5.74, 6) is 1.61. The van der Waals surface area contributed by atoms with Crippen molar-refractivity contribution in [2.75, 3.05) is 12.4 Å². The summed E-state index contributed by atoms with van der Waals surface area (Å²) in [6.45, 7) is 2.19. The van der Waals surface area contributed by atoms with Crippen LogP contribution in [0.1, 0.15) is 17.0 Å². The van der Waals surface area contributed by atoms with Crippen LogP contribution in [0, 0.1) is 6.92 Å². The van der Waals surface area contributed by atoms with E-state index in [0.717, 1.165) is 39.4 Å². The van der Waals surface area contributed by atoms with Crippen LogP contribution in [0.2, 0.25) is 0 Å². The molecule has 1 heterocycles. The van der Waals surface area contributed by atoms with Crippen LogP contribution < -0.4 is 10.1 Å². The third-order valence-corrected chi connectivity index (χ3v) is 4.98. The van der Waals surface area contributed by atoms with E-state index in [0.29, 0.717) is 6.42 Å². The molecule has 0 saturated carbocycles. The van der Waals surface area contributed by atoms with E-state index in [4.69, 9.17) is 9.72 Å². The Morgan fingerprint density at radius 1 is 1.00 bits per heavy atom. The number of nitrogens with one attached hydrogen (secondary N) is 1. The number of methoxy groups -OCH3 is 1. The molecule has 0 aliphatic rings. The summed E-state index contributed by atoms with van der Waals surface area (Å²) in [6, 6.07) is 23.6. The number of carbonyl (C=O) groups excluding carboxylic acids is 1. The summed E-state index contributed by atoms with van der Waals surface area (Å²) < 4.78 is 7.23. The first kappa shape index (κ1) is 18.7. The first-order chi connectivity index (χ1) is 14.1. The van der Waals surface area contributed by atoms with E-state index in [2.05, 4.69) is 5.32 Å².